The highest BCUT2D eigenvalue weighted by atomic mass is 16.5. The summed E-state index contributed by atoms with van der Waals surface area (Å²) in [5, 5.41) is 22.6. The minimum absolute atomic E-state index is 0.309. The largest absolute Gasteiger partial charge is 0.394 e. The number of nitrogens with one attached hydrogen (secondary N) is 1. The number of hydrogen-bond acceptors (Lipinski definition) is 8. The van der Waals surface area contributed by atoms with Gasteiger partial charge in [0.15, 0.2) is 23.2 Å². The van der Waals surface area contributed by atoms with E-state index in [2.05, 4.69) is 20.3 Å². The third-order valence-electron chi connectivity index (χ3n) is 4.53. The maximum absolute atomic E-state index is 10.1. The fourth-order valence-corrected chi connectivity index (χ4v) is 3.12. The van der Waals surface area contributed by atoms with Gasteiger partial charge in [-0.2, -0.15) is 0 Å². The number of nitrogens with zero attached hydrogens (tertiary/aromatic N) is 4. The van der Waals surface area contributed by atoms with Crippen molar-refractivity contribution in [2.75, 3.05) is 11.9 Å². The minimum Gasteiger partial charge on any atom is -0.394 e. The van der Waals surface area contributed by atoms with Gasteiger partial charge in [-0.25, -0.2) is 15.0 Å². The molecule has 0 spiro atoms. The molecule has 4 rings (SSSR count). The Morgan fingerprint density at radius 3 is 2.73 bits per heavy atom. The van der Waals surface area contributed by atoms with Gasteiger partial charge in [0, 0.05) is 6.54 Å². The van der Waals surface area contributed by atoms with Crippen LogP contribution in [-0.2, 0) is 11.3 Å². The molecule has 136 valence electrons. The van der Waals surface area contributed by atoms with Gasteiger partial charge < -0.3 is 26.0 Å². The maximum Gasteiger partial charge on any atom is 0.167 e. The lowest BCUT2D eigenvalue weighted by Gasteiger charge is -2.17. The molecule has 0 saturated carbocycles. The Morgan fingerprint density at radius 2 is 2.00 bits per heavy atom. The summed E-state index contributed by atoms with van der Waals surface area (Å²) in [6.07, 6.45) is 0.646. The van der Waals surface area contributed by atoms with Gasteiger partial charge in [0.25, 0.3) is 0 Å². The van der Waals surface area contributed by atoms with Crippen LogP contribution in [0, 0.1) is 0 Å². The number of hydrogen-bond donors (Lipinski definition) is 4. The summed E-state index contributed by atoms with van der Waals surface area (Å²) in [5.41, 5.74) is 8.30. The minimum atomic E-state index is -0.958. The van der Waals surface area contributed by atoms with Crippen molar-refractivity contribution in [1.82, 2.24) is 19.5 Å². The summed E-state index contributed by atoms with van der Waals surface area (Å²) in [6.45, 7) is 0.293. The van der Waals surface area contributed by atoms with E-state index < -0.39 is 24.5 Å². The number of imidazole rings is 1. The van der Waals surface area contributed by atoms with Crippen LogP contribution < -0.4 is 11.1 Å². The Kier molecular flexibility index (Phi) is 4.51. The third kappa shape index (κ3) is 2.90. The average Bonchev–Trinajstić information content (AvgIpc) is 3.23. The number of rotatable bonds is 5. The quantitative estimate of drug-likeness (QED) is 0.503. The van der Waals surface area contributed by atoms with E-state index in [1.54, 1.807) is 10.9 Å². The molecule has 1 saturated heterocycles. The lowest BCUT2D eigenvalue weighted by molar-refractivity contribution is -0.0437. The van der Waals surface area contributed by atoms with Crippen LogP contribution in [-0.4, -0.2) is 54.6 Å². The Morgan fingerprint density at radius 1 is 1.19 bits per heavy atom. The van der Waals surface area contributed by atoms with Crippen molar-refractivity contribution in [3.63, 3.8) is 0 Å². The molecular formula is C17H20N6O3. The summed E-state index contributed by atoms with van der Waals surface area (Å²) in [5.74, 6) is 0.600. The highest BCUT2D eigenvalue weighted by molar-refractivity contribution is 5.82. The van der Waals surface area contributed by atoms with E-state index in [-0.39, 0.29) is 6.61 Å². The Bertz CT molecular complexity index is 887. The number of fused-ring (bicyclic) bond motifs is 1. The molecule has 4 atom stereocenters. The predicted octanol–water partition coefficient (Wildman–Crippen LogP) is 0.0163. The van der Waals surface area contributed by atoms with Crippen LogP contribution in [0.5, 0.6) is 0 Å². The van der Waals surface area contributed by atoms with Crippen LogP contribution in [0.4, 0.5) is 5.82 Å². The van der Waals surface area contributed by atoms with E-state index >= 15 is 0 Å². The highest BCUT2D eigenvalue weighted by Gasteiger charge is 2.42. The first-order valence-electron chi connectivity index (χ1n) is 8.34. The molecule has 1 fully saturated rings. The molecule has 5 N–H and O–H groups in total. The summed E-state index contributed by atoms with van der Waals surface area (Å²) >= 11 is 0. The molecular weight excluding hydrogens is 336 g/mol. The average molecular weight is 356 g/mol. The number of benzene rings is 1. The van der Waals surface area contributed by atoms with Crippen LogP contribution in [0.1, 0.15) is 11.8 Å². The fraction of sp³-hybridized carbons (Fsp3) is 0.353. The molecule has 0 amide bonds. The van der Waals surface area contributed by atoms with E-state index in [4.69, 9.17) is 10.5 Å². The molecule has 1 unspecified atom stereocenters. The third-order valence-corrected chi connectivity index (χ3v) is 4.53. The van der Waals surface area contributed by atoms with Gasteiger partial charge in [-0.3, -0.25) is 4.57 Å². The number of aliphatic hydroxyl groups is 2. The number of nitrogens with two attached hydrogens (primary N) is 1. The molecule has 3 aromatic rings. The molecule has 0 aliphatic carbocycles. The van der Waals surface area contributed by atoms with Gasteiger partial charge in [0.05, 0.1) is 19.0 Å². The Labute approximate surface area is 149 Å². The topological polar surface area (TPSA) is 131 Å². The zero-order valence-corrected chi connectivity index (χ0v) is 13.9. The molecule has 9 nitrogen and oxygen atoms in total. The summed E-state index contributed by atoms with van der Waals surface area (Å²) < 4.78 is 7.33. The van der Waals surface area contributed by atoms with Gasteiger partial charge in [0.1, 0.15) is 18.5 Å². The molecule has 1 aromatic carbocycles. The molecule has 2 aromatic heterocycles. The molecule has 0 bridgehead atoms. The Balaban J connectivity index is 1.61. The van der Waals surface area contributed by atoms with Gasteiger partial charge >= 0.3 is 0 Å². The van der Waals surface area contributed by atoms with E-state index in [1.165, 1.54) is 6.33 Å². The van der Waals surface area contributed by atoms with Gasteiger partial charge in [-0.1, -0.05) is 30.3 Å². The number of aliphatic hydroxyl groups excluding tert-OH is 2. The monoisotopic (exact) mass is 356 g/mol. The maximum atomic E-state index is 10.1. The van der Waals surface area contributed by atoms with Gasteiger partial charge in [-0.05, 0) is 5.56 Å². The van der Waals surface area contributed by atoms with Crippen molar-refractivity contribution in [2.24, 2.45) is 5.73 Å². The van der Waals surface area contributed by atoms with E-state index in [1.807, 2.05) is 30.3 Å². The second kappa shape index (κ2) is 6.96. The first-order valence-corrected chi connectivity index (χ1v) is 8.34. The van der Waals surface area contributed by atoms with Crippen LogP contribution in [0.3, 0.4) is 0 Å². The number of anilines is 1. The van der Waals surface area contributed by atoms with Crippen LogP contribution in [0.2, 0.25) is 0 Å². The van der Waals surface area contributed by atoms with Gasteiger partial charge in [-0.15, -0.1) is 0 Å². The second-order valence-corrected chi connectivity index (χ2v) is 6.20. The van der Waals surface area contributed by atoms with Crippen LogP contribution in [0.25, 0.3) is 11.2 Å². The number of ether oxygens (including phenoxy) is 1. The van der Waals surface area contributed by atoms with Crippen molar-refractivity contribution in [2.45, 2.75) is 31.0 Å². The molecule has 9 heteroatoms. The molecule has 1 aliphatic heterocycles. The van der Waals surface area contributed by atoms with E-state index in [9.17, 15) is 10.2 Å². The Hall–Kier alpha value is -2.59. The summed E-state index contributed by atoms with van der Waals surface area (Å²) in [4.78, 5) is 12.9. The van der Waals surface area contributed by atoms with Crippen molar-refractivity contribution < 1.29 is 14.9 Å². The van der Waals surface area contributed by atoms with E-state index in [0.717, 1.165) is 5.56 Å². The van der Waals surface area contributed by atoms with Crippen LogP contribution >= 0.6 is 0 Å². The lowest BCUT2D eigenvalue weighted by Crippen LogP contribution is -2.39. The molecule has 0 radical (unpaired) electrons. The zero-order valence-electron chi connectivity index (χ0n) is 13.9. The smallest absolute Gasteiger partial charge is 0.167 e. The summed E-state index contributed by atoms with van der Waals surface area (Å²) in [6, 6.07) is 9.26. The second-order valence-electron chi connectivity index (χ2n) is 6.20. The van der Waals surface area contributed by atoms with Crippen molar-refractivity contribution >= 4 is 17.0 Å². The molecule has 26 heavy (non-hydrogen) atoms. The zero-order chi connectivity index (χ0) is 18.1. The lowest BCUT2D eigenvalue weighted by atomic mass is 10.1. The first-order chi connectivity index (χ1) is 12.7. The molecule has 1 aliphatic rings. The van der Waals surface area contributed by atoms with Crippen molar-refractivity contribution in [1.29, 1.82) is 0 Å². The number of aromatic nitrogens is 4. The van der Waals surface area contributed by atoms with Crippen molar-refractivity contribution in [3.05, 3.63) is 48.5 Å². The van der Waals surface area contributed by atoms with Gasteiger partial charge in [0.2, 0.25) is 0 Å². The highest BCUT2D eigenvalue weighted by Crippen LogP contribution is 2.31. The van der Waals surface area contributed by atoms with E-state index in [0.29, 0.717) is 23.5 Å². The SMILES string of the molecule is NC1[C@H](n2cnc3c(NCc4ccccc4)ncnc32)O[C@H](CO)[C@H]1O. The van der Waals surface area contributed by atoms with Crippen molar-refractivity contribution in [3.8, 4) is 0 Å². The first kappa shape index (κ1) is 16.9. The van der Waals surface area contributed by atoms with Crippen LogP contribution in [0.15, 0.2) is 43.0 Å². The normalized spacial score (nSPS) is 25.7. The molecule has 3 heterocycles. The predicted molar refractivity (Wildman–Crippen MR) is 94.1 cm³/mol. The standard InChI is InChI=1S/C17H20N6O3/c18-12-14(25)11(7-24)26-17(12)23-9-22-13-15(20-8-21-16(13)23)19-6-10-4-2-1-3-5-10/h1-5,8-9,11-12,14,17,24-25H,6-7,18H2,(H,19,20,21)/t11-,12?,14-,17-/m1/s1. The fourth-order valence-electron chi connectivity index (χ4n) is 3.12. The summed E-state index contributed by atoms with van der Waals surface area (Å²) in [7, 11) is 0.